The first kappa shape index (κ1) is 16.3. The molecule has 0 aliphatic rings. The molecule has 2 N–H and O–H groups in total. The van der Waals surface area contributed by atoms with Crippen LogP contribution in [0.3, 0.4) is 0 Å². The fourth-order valence-corrected chi connectivity index (χ4v) is 3.13. The molecule has 0 saturated carbocycles. The van der Waals surface area contributed by atoms with Gasteiger partial charge in [0.05, 0.1) is 12.0 Å². The van der Waals surface area contributed by atoms with Crippen LogP contribution in [0.2, 0.25) is 0 Å². The number of methoxy groups -OCH3 is 1. The van der Waals surface area contributed by atoms with E-state index >= 15 is 0 Å². The van der Waals surface area contributed by atoms with Crippen molar-refractivity contribution in [3.05, 3.63) is 23.8 Å². The molecule has 0 heterocycles. The van der Waals surface area contributed by atoms with Crippen LogP contribution in [0.5, 0.6) is 5.75 Å². The number of sulfonamides is 1. The highest BCUT2D eigenvalue weighted by atomic mass is 32.2. The summed E-state index contributed by atoms with van der Waals surface area (Å²) in [5.74, 6) is 1.43. The van der Waals surface area contributed by atoms with Crippen LogP contribution >= 0.6 is 11.8 Å². The van der Waals surface area contributed by atoms with Crippen LogP contribution in [-0.4, -0.2) is 41.1 Å². The molecule has 1 aromatic carbocycles. The molecule has 5 nitrogen and oxygen atoms in total. The van der Waals surface area contributed by atoms with Gasteiger partial charge in [0.25, 0.3) is 0 Å². The van der Waals surface area contributed by atoms with Crippen molar-refractivity contribution < 1.29 is 13.2 Å². The van der Waals surface area contributed by atoms with E-state index < -0.39 is 10.0 Å². The topological polar surface area (TPSA) is 67.4 Å². The summed E-state index contributed by atoms with van der Waals surface area (Å²) < 4.78 is 31.9. The first-order valence-electron chi connectivity index (χ1n) is 5.85. The summed E-state index contributed by atoms with van der Waals surface area (Å²) in [6.45, 7) is 0.980. The van der Waals surface area contributed by atoms with Crippen LogP contribution in [0.15, 0.2) is 23.1 Å². The second-order valence-corrected chi connectivity index (χ2v) is 6.65. The van der Waals surface area contributed by atoms with Crippen molar-refractivity contribution in [1.29, 1.82) is 0 Å². The molecular weight excluding hydrogens is 284 g/mol. The van der Waals surface area contributed by atoms with Crippen molar-refractivity contribution in [2.24, 2.45) is 0 Å². The van der Waals surface area contributed by atoms with Crippen LogP contribution in [0.4, 0.5) is 0 Å². The Bertz CT molecular complexity index is 504. The van der Waals surface area contributed by atoms with Crippen molar-refractivity contribution in [2.75, 3.05) is 32.7 Å². The maximum Gasteiger partial charge on any atom is 0.240 e. The summed E-state index contributed by atoms with van der Waals surface area (Å²) in [6, 6.07) is 4.87. The highest BCUT2D eigenvalue weighted by Gasteiger charge is 2.15. The molecule has 0 aromatic heterocycles. The van der Waals surface area contributed by atoms with Crippen LogP contribution in [0.25, 0.3) is 0 Å². The lowest BCUT2D eigenvalue weighted by Gasteiger charge is -2.11. The first-order chi connectivity index (χ1) is 9.05. The molecule has 7 heteroatoms. The average molecular weight is 304 g/mol. The minimum Gasteiger partial charge on any atom is -0.496 e. The molecule has 0 aliphatic heterocycles. The lowest BCUT2D eigenvalue weighted by Crippen LogP contribution is -2.26. The zero-order valence-electron chi connectivity index (χ0n) is 11.4. The lowest BCUT2D eigenvalue weighted by atomic mass is 10.2. The third kappa shape index (κ3) is 4.68. The molecule has 0 bridgehead atoms. The predicted molar refractivity (Wildman–Crippen MR) is 79.3 cm³/mol. The molecule has 0 spiro atoms. The molecular formula is C12H20N2O3S2. The summed E-state index contributed by atoms with van der Waals surface area (Å²) in [5, 5.41) is 2.99. The molecule has 0 aliphatic carbocycles. The summed E-state index contributed by atoms with van der Waals surface area (Å²) in [4.78, 5) is 0.264. The van der Waals surface area contributed by atoms with E-state index in [-0.39, 0.29) is 4.90 Å². The van der Waals surface area contributed by atoms with Crippen molar-refractivity contribution in [2.45, 2.75) is 11.4 Å². The Hall–Kier alpha value is -0.760. The molecule has 1 rings (SSSR count). The van der Waals surface area contributed by atoms with Crippen molar-refractivity contribution in [3.63, 3.8) is 0 Å². The summed E-state index contributed by atoms with van der Waals surface area (Å²) >= 11 is 1.60. The van der Waals surface area contributed by atoms with Gasteiger partial charge in [-0.05, 0) is 31.5 Å². The van der Waals surface area contributed by atoms with Gasteiger partial charge in [0.2, 0.25) is 10.0 Å². The van der Waals surface area contributed by atoms with Gasteiger partial charge in [-0.2, -0.15) is 11.8 Å². The highest BCUT2D eigenvalue weighted by Crippen LogP contribution is 2.22. The molecule has 108 valence electrons. The van der Waals surface area contributed by atoms with Gasteiger partial charge in [0, 0.05) is 24.4 Å². The normalized spacial score (nSPS) is 11.5. The van der Waals surface area contributed by atoms with E-state index in [1.165, 1.54) is 0 Å². The van der Waals surface area contributed by atoms with Crippen LogP contribution in [-0.2, 0) is 16.6 Å². The van der Waals surface area contributed by atoms with E-state index in [9.17, 15) is 8.42 Å². The third-order valence-electron chi connectivity index (χ3n) is 2.53. The van der Waals surface area contributed by atoms with E-state index in [0.717, 1.165) is 11.3 Å². The Balaban J connectivity index is 2.97. The number of nitrogens with one attached hydrogen (secondary N) is 2. The molecule has 1 aromatic rings. The fraction of sp³-hybridized carbons (Fsp3) is 0.500. The minimum absolute atomic E-state index is 0.264. The maximum absolute atomic E-state index is 12.1. The first-order valence-corrected chi connectivity index (χ1v) is 8.73. The monoisotopic (exact) mass is 304 g/mol. The van der Waals surface area contributed by atoms with Gasteiger partial charge in [0.15, 0.2) is 0 Å². The molecule has 0 saturated heterocycles. The van der Waals surface area contributed by atoms with Crippen molar-refractivity contribution in [1.82, 2.24) is 10.0 Å². The second-order valence-electron chi connectivity index (χ2n) is 3.89. The smallest absolute Gasteiger partial charge is 0.240 e. The Morgan fingerprint density at radius 3 is 2.68 bits per heavy atom. The summed E-state index contributed by atoms with van der Waals surface area (Å²) in [7, 11) is -0.0732. The Labute approximate surface area is 119 Å². The SMILES string of the molecule is CNCc1cc(S(=O)(=O)NCCSC)ccc1OC. The second kappa shape index (κ2) is 7.74. The van der Waals surface area contributed by atoms with E-state index in [4.69, 9.17) is 4.74 Å². The van der Waals surface area contributed by atoms with E-state index in [1.807, 2.05) is 6.26 Å². The number of rotatable bonds is 8. The molecule has 0 amide bonds. The van der Waals surface area contributed by atoms with Gasteiger partial charge in [0.1, 0.15) is 5.75 Å². The summed E-state index contributed by atoms with van der Waals surface area (Å²) in [6.07, 6.45) is 1.94. The van der Waals surface area contributed by atoms with Gasteiger partial charge >= 0.3 is 0 Å². The van der Waals surface area contributed by atoms with Gasteiger partial charge in [-0.15, -0.1) is 0 Å². The highest BCUT2D eigenvalue weighted by molar-refractivity contribution is 7.98. The zero-order chi connectivity index (χ0) is 14.3. The molecule has 0 radical (unpaired) electrons. The van der Waals surface area contributed by atoms with Crippen LogP contribution in [0.1, 0.15) is 5.56 Å². The van der Waals surface area contributed by atoms with Gasteiger partial charge in [-0.3, -0.25) is 0 Å². The number of benzene rings is 1. The van der Waals surface area contributed by atoms with Gasteiger partial charge < -0.3 is 10.1 Å². The van der Waals surface area contributed by atoms with Crippen LogP contribution in [0, 0.1) is 0 Å². The standard InChI is InChI=1S/C12H20N2O3S2/c1-13-9-10-8-11(4-5-12(10)17-2)19(15,16)14-6-7-18-3/h4-5,8,13-14H,6-7,9H2,1-3H3. The molecule has 19 heavy (non-hydrogen) atoms. The Morgan fingerprint density at radius 2 is 2.11 bits per heavy atom. The predicted octanol–water partition coefficient (Wildman–Crippen LogP) is 1.06. The van der Waals surface area contributed by atoms with Crippen molar-refractivity contribution >= 4 is 21.8 Å². The number of thioether (sulfide) groups is 1. The third-order valence-corrected chi connectivity index (χ3v) is 4.60. The van der Waals surface area contributed by atoms with E-state index in [2.05, 4.69) is 10.0 Å². The molecule has 0 unspecified atom stereocenters. The minimum atomic E-state index is -3.44. The Kier molecular flexibility index (Phi) is 6.64. The average Bonchev–Trinajstić information content (AvgIpc) is 2.39. The fourth-order valence-electron chi connectivity index (χ4n) is 1.61. The van der Waals surface area contributed by atoms with Gasteiger partial charge in [-0.25, -0.2) is 13.1 Å². The van der Waals surface area contributed by atoms with Gasteiger partial charge in [-0.1, -0.05) is 0 Å². The van der Waals surface area contributed by atoms with E-state index in [0.29, 0.717) is 18.8 Å². The number of hydrogen-bond acceptors (Lipinski definition) is 5. The van der Waals surface area contributed by atoms with Crippen molar-refractivity contribution in [3.8, 4) is 5.75 Å². The number of ether oxygens (including phenoxy) is 1. The molecule has 0 atom stereocenters. The lowest BCUT2D eigenvalue weighted by molar-refractivity contribution is 0.408. The summed E-state index contributed by atoms with van der Waals surface area (Å²) in [5.41, 5.74) is 0.817. The van der Waals surface area contributed by atoms with Crippen LogP contribution < -0.4 is 14.8 Å². The largest absolute Gasteiger partial charge is 0.496 e. The molecule has 0 fully saturated rings. The maximum atomic E-state index is 12.1. The zero-order valence-corrected chi connectivity index (χ0v) is 13.0. The van der Waals surface area contributed by atoms with E-state index in [1.54, 1.807) is 44.1 Å². The Morgan fingerprint density at radius 1 is 1.37 bits per heavy atom. The number of hydrogen-bond donors (Lipinski definition) is 2. The quantitative estimate of drug-likeness (QED) is 0.703.